The van der Waals surface area contributed by atoms with Crippen LogP contribution in [0, 0.1) is 0 Å². The number of benzene rings is 1. The van der Waals surface area contributed by atoms with Crippen LogP contribution >= 0.6 is 0 Å². The summed E-state index contributed by atoms with van der Waals surface area (Å²) < 4.78 is 5.59. The predicted molar refractivity (Wildman–Crippen MR) is 71.6 cm³/mol. The number of nitrogens with one attached hydrogen (secondary N) is 2. The quantitative estimate of drug-likeness (QED) is 0.764. The van der Waals surface area contributed by atoms with Gasteiger partial charge in [0.1, 0.15) is 6.61 Å². The fraction of sp³-hybridized carbons (Fsp3) is 0.500. The highest BCUT2D eigenvalue weighted by molar-refractivity contribution is 5.99. The molecule has 1 fully saturated rings. The Labute approximate surface area is 112 Å². The number of para-hydroxylation sites is 1. The van der Waals surface area contributed by atoms with E-state index in [2.05, 4.69) is 10.6 Å². The molecule has 1 saturated carbocycles. The SMILES string of the molecule is O=C(NC1(CO)CCC1)c1cccc2c1OCCN2. The number of anilines is 1. The number of aliphatic hydroxyl groups is 1. The number of fused-ring (bicyclic) bond motifs is 1. The van der Waals surface area contributed by atoms with Gasteiger partial charge in [0.2, 0.25) is 0 Å². The van der Waals surface area contributed by atoms with Crippen LogP contribution in [0.25, 0.3) is 0 Å². The molecule has 19 heavy (non-hydrogen) atoms. The highest BCUT2D eigenvalue weighted by atomic mass is 16.5. The van der Waals surface area contributed by atoms with Gasteiger partial charge in [-0.1, -0.05) is 6.07 Å². The van der Waals surface area contributed by atoms with E-state index in [4.69, 9.17) is 4.74 Å². The zero-order chi connectivity index (χ0) is 13.3. The van der Waals surface area contributed by atoms with Gasteiger partial charge >= 0.3 is 0 Å². The first kappa shape index (κ1) is 12.3. The number of aliphatic hydroxyl groups excluding tert-OH is 1. The minimum absolute atomic E-state index is 0.00707. The van der Waals surface area contributed by atoms with E-state index in [0.29, 0.717) is 17.9 Å². The van der Waals surface area contributed by atoms with E-state index in [1.807, 2.05) is 12.1 Å². The van der Waals surface area contributed by atoms with Crippen molar-refractivity contribution in [2.75, 3.05) is 25.1 Å². The zero-order valence-corrected chi connectivity index (χ0v) is 10.7. The summed E-state index contributed by atoms with van der Waals surface area (Å²) in [7, 11) is 0. The average molecular weight is 262 g/mol. The summed E-state index contributed by atoms with van der Waals surface area (Å²) in [6.45, 7) is 1.30. The van der Waals surface area contributed by atoms with Crippen molar-refractivity contribution in [2.45, 2.75) is 24.8 Å². The Morgan fingerprint density at radius 1 is 1.47 bits per heavy atom. The Hall–Kier alpha value is -1.75. The number of ether oxygens (including phenoxy) is 1. The molecule has 0 bridgehead atoms. The molecule has 1 aromatic rings. The molecule has 0 saturated heterocycles. The summed E-state index contributed by atoms with van der Waals surface area (Å²) in [6, 6.07) is 5.49. The molecule has 5 heteroatoms. The van der Waals surface area contributed by atoms with Crippen molar-refractivity contribution < 1.29 is 14.6 Å². The third-order valence-corrected chi connectivity index (χ3v) is 3.92. The van der Waals surface area contributed by atoms with Crippen molar-refractivity contribution >= 4 is 11.6 Å². The Morgan fingerprint density at radius 2 is 2.32 bits per heavy atom. The van der Waals surface area contributed by atoms with Gasteiger partial charge in [0.15, 0.2) is 5.75 Å². The maximum Gasteiger partial charge on any atom is 0.255 e. The molecule has 102 valence electrons. The number of hydrogen-bond acceptors (Lipinski definition) is 4. The molecule has 1 aliphatic heterocycles. The average Bonchev–Trinajstić information content (AvgIpc) is 2.42. The standard InChI is InChI=1S/C14H18N2O3/c17-9-14(5-2-6-14)16-13(18)10-3-1-4-11-12(10)19-8-7-15-11/h1,3-4,15,17H,2,5-9H2,(H,16,18). The van der Waals surface area contributed by atoms with E-state index in [1.54, 1.807) is 6.07 Å². The third-order valence-electron chi connectivity index (χ3n) is 3.92. The number of amides is 1. The molecule has 0 aromatic heterocycles. The smallest absolute Gasteiger partial charge is 0.255 e. The number of carbonyl (C=O) groups is 1. The van der Waals surface area contributed by atoms with Crippen LogP contribution in [0.5, 0.6) is 5.75 Å². The third kappa shape index (κ3) is 2.14. The summed E-state index contributed by atoms with van der Waals surface area (Å²) in [5.74, 6) is 0.438. The number of rotatable bonds is 3. The predicted octanol–water partition coefficient (Wildman–Crippen LogP) is 1.14. The van der Waals surface area contributed by atoms with Crippen molar-refractivity contribution in [3.8, 4) is 5.75 Å². The molecule has 1 aliphatic carbocycles. The van der Waals surface area contributed by atoms with Gasteiger partial charge in [0.05, 0.1) is 23.4 Å². The molecule has 1 aromatic carbocycles. The van der Waals surface area contributed by atoms with E-state index in [1.165, 1.54) is 0 Å². The Bertz CT molecular complexity index is 492. The highest BCUT2D eigenvalue weighted by Gasteiger charge is 2.38. The summed E-state index contributed by atoms with van der Waals surface area (Å²) in [5, 5.41) is 15.6. The van der Waals surface area contributed by atoms with E-state index in [-0.39, 0.29) is 12.5 Å². The lowest BCUT2D eigenvalue weighted by Crippen LogP contribution is -2.56. The first-order valence-corrected chi connectivity index (χ1v) is 6.67. The van der Waals surface area contributed by atoms with Crippen LogP contribution in [0.2, 0.25) is 0 Å². The molecule has 0 spiro atoms. The van der Waals surface area contributed by atoms with E-state index < -0.39 is 5.54 Å². The maximum absolute atomic E-state index is 12.4. The lowest BCUT2D eigenvalue weighted by molar-refractivity contribution is 0.0638. The maximum atomic E-state index is 12.4. The molecular weight excluding hydrogens is 244 g/mol. The van der Waals surface area contributed by atoms with Gasteiger partial charge in [0.25, 0.3) is 5.91 Å². The van der Waals surface area contributed by atoms with E-state index in [9.17, 15) is 9.90 Å². The molecule has 3 rings (SSSR count). The summed E-state index contributed by atoms with van der Waals surface area (Å²) in [6.07, 6.45) is 2.72. The molecule has 0 unspecified atom stereocenters. The first-order chi connectivity index (χ1) is 9.24. The largest absolute Gasteiger partial charge is 0.489 e. The molecule has 1 heterocycles. The second-order valence-corrected chi connectivity index (χ2v) is 5.20. The Morgan fingerprint density at radius 3 is 3.00 bits per heavy atom. The van der Waals surface area contributed by atoms with Crippen LogP contribution in [-0.4, -0.2) is 36.3 Å². The fourth-order valence-electron chi connectivity index (χ4n) is 2.58. The molecule has 1 amide bonds. The minimum Gasteiger partial charge on any atom is -0.489 e. The van der Waals surface area contributed by atoms with E-state index >= 15 is 0 Å². The van der Waals surface area contributed by atoms with Crippen LogP contribution in [0.4, 0.5) is 5.69 Å². The monoisotopic (exact) mass is 262 g/mol. The highest BCUT2D eigenvalue weighted by Crippen LogP contribution is 2.34. The van der Waals surface area contributed by atoms with Gasteiger partial charge < -0.3 is 20.5 Å². The van der Waals surface area contributed by atoms with Crippen molar-refractivity contribution in [1.29, 1.82) is 0 Å². The normalized spacial score (nSPS) is 19.4. The second-order valence-electron chi connectivity index (χ2n) is 5.20. The molecule has 3 N–H and O–H groups in total. The molecule has 0 radical (unpaired) electrons. The van der Waals surface area contributed by atoms with E-state index in [0.717, 1.165) is 31.5 Å². The summed E-state index contributed by atoms with van der Waals surface area (Å²) in [5.41, 5.74) is 0.956. The topological polar surface area (TPSA) is 70.6 Å². The molecule has 2 aliphatic rings. The summed E-state index contributed by atoms with van der Waals surface area (Å²) >= 11 is 0. The summed E-state index contributed by atoms with van der Waals surface area (Å²) in [4.78, 5) is 12.4. The van der Waals surface area contributed by atoms with Gasteiger partial charge in [-0.3, -0.25) is 4.79 Å². The first-order valence-electron chi connectivity index (χ1n) is 6.67. The number of hydrogen-bond donors (Lipinski definition) is 3. The van der Waals surface area contributed by atoms with Gasteiger partial charge in [-0.05, 0) is 31.4 Å². The lowest BCUT2D eigenvalue weighted by Gasteiger charge is -2.41. The van der Waals surface area contributed by atoms with Crippen LogP contribution in [0.3, 0.4) is 0 Å². The Balaban J connectivity index is 1.84. The van der Waals surface area contributed by atoms with Crippen LogP contribution in [-0.2, 0) is 0 Å². The van der Waals surface area contributed by atoms with Crippen LogP contribution in [0.1, 0.15) is 29.6 Å². The van der Waals surface area contributed by atoms with Gasteiger partial charge in [-0.25, -0.2) is 0 Å². The second kappa shape index (κ2) is 4.74. The Kier molecular flexibility index (Phi) is 3.06. The minimum atomic E-state index is -0.429. The fourth-order valence-corrected chi connectivity index (χ4v) is 2.58. The molecule has 0 atom stereocenters. The number of carbonyl (C=O) groups excluding carboxylic acids is 1. The lowest BCUT2D eigenvalue weighted by atomic mass is 9.77. The van der Waals surface area contributed by atoms with Gasteiger partial charge in [0, 0.05) is 6.54 Å². The van der Waals surface area contributed by atoms with Gasteiger partial charge in [-0.15, -0.1) is 0 Å². The van der Waals surface area contributed by atoms with Crippen LogP contribution < -0.4 is 15.4 Å². The van der Waals surface area contributed by atoms with Crippen molar-refractivity contribution in [1.82, 2.24) is 5.32 Å². The van der Waals surface area contributed by atoms with Crippen molar-refractivity contribution in [3.63, 3.8) is 0 Å². The van der Waals surface area contributed by atoms with Crippen molar-refractivity contribution in [3.05, 3.63) is 23.8 Å². The zero-order valence-electron chi connectivity index (χ0n) is 10.7. The molecule has 5 nitrogen and oxygen atoms in total. The molecular formula is C14H18N2O3. The van der Waals surface area contributed by atoms with Crippen LogP contribution in [0.15, 0.2) is 18.2 Å². The van der Waals surface area contributed by atoms with Gasteiger partial charge in [-0.2, -0.15) is 0 Å². The van der Waals surface area contributed by atoms with Crippen molar-refractivity contribution in [2.24, 2.45) is 0 Å².